The first-order valence-corrected chi connectivity index (χ1v) is 5.31. The van der Waals surface area contributed by atoms with Gasteiger partial charge in [0.2, 0.25) is 0 Å². The van der Waals surface area contributed by atoms with Gasteiger partial charge >= 0.3 is 0 Å². The van der Waals surface area contributed by atoms with E-state index >= 15 is 0 Å². The maximum atomic E-state index is 9.78. The Morgan fingerprint density at radius 1 is 0.647 bits per heavy atom. The van der Waals surface area contributed by atoms with E-state index < -0.39 is 0 Å². The fraction of sp³-hybridized carbons (Fsp3) is 0.143. The molecule has 3 N–H and O–H groups in total. The molecule has 0 saturated heterocycles. The summed E-state index contributed by atoms with van der Waals surface area (Å²) < 4.78 is 0. The number of phenols is 3. The third kappa shape index (κ3) is 2.18. The molecular weight excluding hydrogens is 216 g/mol. The van der Waals surface area contributed by atoms with Crippen LogP contribution in [0.4, 0.5) is 0 Å². The highest BCUT2D eigenvalue weighted by Crippen LogP contribution is 2.38. The highest BCUT2D eigenvalue weighted by Gasteiger charge is 2.10. The van der Waals surface area contributed by atoms with Crippen molar-refractivity contribution in [2.45, 2.75) is 13.8 Å². The van der Waals surface area contributed by atoms with E-state index in [1.54, 1.807) is 0 Å². The highest BCUT2D eigenvalue weighted by atomic mass is 16.3. The fourth-order valence-corrected chi connectivity index (χ4v) is 1.93. The molecular formula is C14H14O3. The van der Waals surface area contributed by atoms with E-state index in [2.05, 4.69) is 0 Å². The minimum absolute atomic E-state index is 0.0506. The Hall–Kier alpha value is -2.16. The van der Waals surface area contributed by atoms with Gasteiger partial charge in [-0.2, -0.15) is 0 Å². The summed E-state index contributed by atoms with van der Waals surface area (Å²) in [5, 5.41) is 28.5. The van der Waals surface area contributed by atoms with E-state index in [9.17, 15) is 15.3 Å². The molecule has 0 fully saturated rings. The molecule has 88 valence electrons. The van der Waals surface area contributed by atoms with E-state index in [4.69, 9.17) is 0 Å². The molecule has 0 heterocycles. The van der Waals surface area contributed by atoms with Crippen molar-refractivity contribution in [2.75, 3.05) is 0 Å². The molecule has 0 unspecified atom stereocenters. The lowest BCUT2D eigenvalue weighted by atomic mass is 9.99. The molecule has 0 aromatic heterocycles. The Kier molecular flexibility index (Phi) is 2.68. The second-order valence-corrected chi connectivity index (χ2v) is 4.23. The van der Waals surface area contributed by atoms with Gasteiger partial charge in [0.25, 0.3) is 0 Å². The van der Waals surface area contributed by atoms with Gasteiger partial charge in [0.1, 0.15) is 5.75 Å². The van der Waals surface area contributed by atoms with Gasteiger partial charge in [-0.1, -0.05) is 29.3 Å². The lowest BCUT2D eigenvalue weighted by molar-refractivity contribution is 0.397. The minimum atomic E-state index is -0.323. The summed E-state index contributed by atoms with van der Waals surface area (Å²) in [6.07, 6.45) is 0. The number of aryl methyl sites for hydroxylation is 2. The smallest absolute Gasteiger partial charge is 0.161 e. The molecule has 0 aliphatic rings. The fourth-order valence-electron chi connectivity index (χ4n) is 1.93. The Bertz CT molecular complexity index is 554. The number of phenolic OH excluding ortho intramolecular Hbond substituents is 3. The molecule has 2 aromatic rings. The predicted octanol–water partition coefficient (Wildman–Crippen LogP) is 3.09. The van der Waals surface area contributed by atoms with Gasteiger partial charge in [-0.25, -0.2) is 0 Å². The molecule has 0 spiro atoms. The van der Waals surface area contributed by atoms with Crippen molar-refractivity contribution in [2.24, 2.45) is 0 Å². The Balaban J connectivity index is 2.64. The van der Waals surface area contributed by atoms with Crippen LogP contribution < -0.4 is 0 Å². The molecule has 0 aliphatic carbocycles. The maximum absolute atomic E-state index is 9.78. The van der Waals surface area contributed by atoms with Crippen LogP contribution in [-0.4, -0.2) is 15.3 Å². The molecule has 2 rings (SSSR count). The first kappa shape index (κ1) is 11.3. The van der Waals surface area contributed by atoms with Crippen LogP contribution in [0.15, 0.2) is 30.3 Å². The molecule has 0 amide bonds. The number of benzene rings is 2. The van der Waals surface area contributed by atoms with Crippen molar-refractivity contribution in [1.82, 2.24) is 0 Å². The van der Waals surface area contributed by atoms with Gasteiger partial charge in [-0.15, -0.1) is 0 Å². The number of hydrogen-bond acceptors (Lipinski definition) is 3. The van der Waals surface area contributed by atoms with Crippen LogP contribution in [0.5, 0.6) is 17.2 Å². The predicted molar refractivity (Wildman–Crippen MR) is 66.3 cm³/mol. The summed E-state index contributed by atoms with van der Waals surface area (Å²) in [7, 11) is 0. The third-order valence-electron chi connectivity index (χ3n) is 2.63. The summed E-state index contributed by atoms with van der Waals surface area (Å²) in [4.78, 5) is 0. The molecule has 0 saturated carbocycles. The monoisotopic (exact) mass is 230 g/mol. The third-order valence-corrected chi connectivity index (χ3v) is 2.63. The molecule has 17 heavy (non-hydrogen) atoms. The maximum Gasteiger partial charge on any atom is 0.161 e. The molecule has 3 heteroatoms. The summed E-state index contributed by atoms with van der Waals surface area (Å²) >= 11 is 0. The number of rotatable bonds is 1. The average molecular weight is 230 g/mol. The van der Waals surface area contributed by atoms with Crippen LogP contribution in [0.3, 0.4) is 0 Å². The normalized spacial score (nSPS) is 10.5. The van der Waals surface area contributed by atoms with Crippen LogP contribution in [0, 0.1) is 13.8 Å². The second kappa shape index (κ2) is 4.01. The van der Waals surface area contributed by atoms with Gasteiger partial charge in [-0.05, 0) is 25.5 Å². The largest absolute Gasteiger partial charge is 0.507 e. The average Bonchev–Trinajstić information content (AvgIpc) is 2.22. The highest BCUT2D eigenvalue weighted by molar-refractivity contribution is 5.74. The number of aromatic hydroxyl groups is 3. The van der Waals surface area contributed by atoms with Gasteiger partial charge < -0.3 is 15.3 Å². The van der Waals surface area contributed by atoms with Gasteiger partial charge in [0.15, 0.2) is 11.5 Å². The van der Waals surface area contributed by atoms with Crippen molar-refractivity contribution < 1.29 is 15.3 Å². The zero-order chi connectivity index (χ0) is 12.6. The van der Waals surface area contributed by atoms with Crippen molar-refractivity contribution >= 4 is 0 Å². The van der Waals surface area contributed by atoms with Crippen LogP contribution in [0.1, 0.15) is 11.1 Å². The van der Waals surface area contributed by atoms with Gasteiger partial charge in [-0.3, -0.25) is 0 Å². The zero-order valence-electron chi connectivity index (χ0n) is 9.73. The molecule has 0 radical (unpaired) electrons. The van der Waals surface area contributed by atoms with Crippen molar-refractivity contribution in [3.05, 3.63) is 41.5 Å². The Labute approximate surface area is 99.6 Å². The van der Waals surface area contributed by atoms with E-state index in [0.29, 0.717) is 5.56 Å². The quantitative estimate of drug-likeness (QED) is 0.521. The SMILES string of the molecule is Cc1cc(C)cc(-c2cc(O)c(O)cc2O)c1. The van der Waals surface area contributed by atoms with Crippen LogP contribution in [0.25, 0.3) is 11.1 Å². The first-order valence-electron chi connectivity index (χ1n) is 5.31. The lowest BCUT2D eigenvalue weighted by Gasteiger charge is -2.09. The van der Waals surface area contributed by atoms with Crippen molar-refractivity contribution in [3.8, 4) is 28.4 Å². The van der Waals surface area contributed by atoms with Crippen LogP contribution in [0.2, 0.25) is 0 Å². The van der Waals surface area contributed by atoms with Gasteiger partial charge in [0, 0.05) is 11.6 Å². The van der Waals surface area contributed by atoms with E-state index in [1.807, 2.05) is 32.0 Å². The summed E-state index contributed by atoms with van der Waals surface area (Å²) in [6.45, 7) is 3.93. The molecule has 0 atom stereocenters. The Morgan fingerprint density at radius 2 is 1.18 bits per heavy atom. The number of hydrogen-bond donors (Lipinski definition) is 3. The van der Waals surface area contributed by atoms with Crippen molar-refractivity contribution in [1.29, 1.82) is 0 Å². The summed E-state index contributed by atoms with van der Waals surface area (Å²) in [5.41, 5.74) is 3.47. The van der Waals surface area contributed by atoms with E-state index in [1.165, 1.54) is 6.07 Å². The molecule has 0 aliphatic heterocycles. The molecule has 0 bridgehead atoms. The second-order valence-electron chi connectivity index (χ2n) is 4.23. The van der Waals surface area contributed by atoms with Crippen molar-refractivity contribution in [3.63, 3.8) is 0 Å². The first-order chi connectivity index (χ1) is 7.97. The van der Waals surface area contributed by atoms with E-state index in [-0.39, 0.29) is 17.2 Å². The topological polar surface area (TPSA) is 60.7 Å². The molecule has 3 nitrogen and oxygen atoms in total. The van der Waals surface area contributed by atoms with Gasteiger partial charge in [0.05, 0.1) is 0 Å². The lowest BCUT2D eigenvalue weighted by Crippen LogP contribution is -1.84. The molecule has 2 aromatic carbocycles. The Morgan fingerprint density at radius 3 is 1.76 bits per heavy atom. The van der Waals surface area contributed by atoms with Crippen LogP contribution >= 0.6 is 0 Å². The van der Waals surface area contributed by atoms with Crippen LogP contribution in [-0.2, 0) is 0 Å². The summed E-state index contributed by atoms with van der Waals surface area (Å²) in [6, 6.07) is 8.36. The standard InChI is InChI=1S/C14H14O3/c1-8-3-9(2)5-10(4-8)11-6-13(16)14(17)7-12(11)15/h3-7,15-17H,1-2H3. The summed E-state index contributed by atoms with van der Waals surface area (Å²) in [5.74, 6) is -0.613. The zero-order valence-corrected chi connectivity index (χ0v) is 9.73. The van der Waals surface area contributed by atoms with E-state index in [0.717, 1.165) is 22.8 Å². The minimum Gasteiger partial charge on any atom is -0.507 e.